The minimum absolute atomic E-state index is 0.00315. The van der Waals surface area contributed by atoms with E-state index in [1.165, 1.54) is 12.8 Å². The number of amides is 1. The van der Waals surface area contributed by atoms with Gasteiger partial charge >= 0.3 is 0 Å². The Morgan fingerprint density at radius 2 is 1.52 bits per heavy atom. The molecule has 0 saturated carbocycles. The highest BCUT2D eigenvalue weighted by Crippen LogP contribution is 2.32. The Kier molecular flexibility index (Phi) is 5.03. The number of piperidine rings is 3. The van der Waals surface area contributed by atoms with Crippen molar-refractivity contribution in [3.63, 3.8) is 0 Å². The van der Waals surface area contributed by atoms with E-state index in [0.29, 0.717) is 23.3 Å². The van der Waals surface area contributed by atoms with Gasteiger partial charge < -0.3 is 14.8 Å². The number of ether oxygens (including phenoxy) is 2. The van der Waals surface area contributed by atoms with Gasteiger partial charge in [-0.25, -0.2) is 0 Å². The number of hydrogen-bond acceptors (Lipinski definition) is 4. The van der Waals surface area contributed by atoms with Crippen molar-refractivity contribution in [2.75, 3.05) is 20.2 Å². The van der Waals surface area contributed by atoms with Crippen molar-refractivity contribution in [1.82, 2.24) is 10.2 Å². The van der Waals surface area contributed by atoms with Crippen LogP contribution in [0.3, 0.4) is 0 Å². The third-order valence-corrected chi connectivity index (χ3v) is 5.89. The van der Waals surface area contributed by atoms with Gasteiger partial charge in [0.05, 0.1) is 7.11 Å². The Morgan fingerprint density at radius 3 is 2.07 bits per heavy atom. The van der Waals surface area contributed by atoms with Crippen LogP contribution in [0.5, 0.6) is 17.2 Å². The number of nitrogens with one attached hydrogen (secondary N) is 1. The maximum Gasteiger partial charge on any atom is 0.251 e. The Morgan fingerprint density at radius 1 is 0.963 bits per heavy atom. The molecule has 142 valence electrons. The van der Waals surface area contributed by atoms with Crippen LogP contribution in [0.4, 0.5) is 0 Å². The van der Waals surface area contributed by atoms with Crippen molar-refractivity contribution in [3.05, 3.63) is 54.1 Å². The lowest BCUT2D eigenvalue weighted by Gasteiger charge is -2.49. The van der Waals surface area contributed by atoms with E-state index in [0.717, 1.165) is 24.6 Å². The minimum Gasteiger partial charge on any atom is -0.497 e. The number of hydrogen-bond donors (Lipinski definition) is 1. The van der Waals surface area contributed by atoms with E-state index < -0.39 is 0 Å². The van der Waals surface area contributed by atoms with Crippen molar-refractivity contribution < 1.29 is 14.3 Å². The molecule has 0 unspecified atom stereocenters. The zero-order valence-electron chi connectivity index (χ0n) is 15.9. The molecule has 27 heavy (non-hydrogen) atoms. The van der Waals surface area contributed by atoms with Crippen LogP contribution in [0.15, 0.2) is 48.5 Å². The number of benzene rings is 2. The highest BCUT2D eigenvalue weighted by atomic mass is 16.5. The number of carbonyl (C=O) groups is 1. The van der Waals surface area contributed by atoms with Gasteiger partial charge in [0.25, 0.3) is 5.91 Å². The van der Waals surface area contributed by atoms with Gasteiger partial charge in [0, 0.05) is 17.6 Å². The number of methoxy groups -OCH3 is 1. The van der Waals surface area contributed by atoms with Crippen LogP contribution >= 0.6 is 0 Å². The first-order chi connectivity index (χ1) is 13.1. The zero-order valence-corrected chi connectivity index (χ0v) is 15.9. The summed E-state index contributed by atoms with van der Waals surface area (Å²) >= 11 is 0. The van der Waals surface area contributed by atoms with Gasteiger partial charge in [-0.05, 0) is 87.3 Å². The average Bonchev–Trinajstić information content (AvgIpc) is 2.72. The van der Waals surface area contributed by atoms with Gasteiger partial charge in [0.1, 0.15) is 17.2 Å². The molecule has 0 aliphatic carbocycles. The second-order valence-electron chi connectivity index (χ2n) is 7.42. The summed E-state index contributed by atoms with van der Waals surface area (Å²) in [5.41, 5.74) is 0.667. The molecule has 1 amide bonds. The van der Waals surface area contributed by atoms with E-state index in [4.69, 9.17) is 9.47 Å². The largest absolute Gasteiger partial charge is 0.497 e. The summed E-state index contributed by atoms with van der Waals surface area (Å²) < 4.78 is 11.0. The van der Waals surface area contributed by atoms with Crippen LogP contribution < -0.4 is 14.8 Å². The Hall–Kier alpha value is -2.53. The average molecular weight is 366 g/mol. The molecular weight excluding hydrogens is 340 g/mol. The molecule has 0 radical (unpaired) electrons. The molecule has 5 rings (SSSR count). The predicted octanol–water partition coefficient (Wildman–Crippen LogP) is 3.70. The molecule has 3 heterocycles. The molecule has 3 saturated heterocycles. The molecule has 2 atom stereocenters. The molecule has 5 heteroatoms. The number of nitrogens with zero attached hydrogens (tertiary/aromatic N) is 1. The highest BCUT2D eigenvalue weighted by Gasteiger charge is 2.40. The standard InChI is InChI=1S/C22H26N2O3/c1-15-21(16-11-13-24(15)14-12-16)23-22(25)17-3-5-19(6-4-17)27-20-9-7-18(26-2)8-10-20/h3-10,15-16,21H,11-14H2,1-2H3,(H,23,25)/t15-,21-/m0/s1. The SMILES string of the molecule is COc1ccc(Oc2ccc(C(=O)N[C@@H]3C4CCN(CC4)[C@H]3C)cc2)cc1. The maximum absolute atomic E-state index is 12.7. The molecule has 2 aromatic rings. The van der Waals surface area contributed by atoms with Crippen molar-refractivity contribution in [1.29, 1.82) is 0 Å². The topological polar surface area (TPSA) is 50.8 Å². The third-order valence-electron chi connectivity index (χ3n) is 5.89. The fraction of sp³-hybridized carbons (Fsp3) is 0.409. The lowest BCUT2D eigenvalue weighted by molar-refractivity contribution is 0.0217. The van der Waals surface area contributed by atoms with E-state index in [1.807, 2.05) is 48.5 Å². The molecular formula is C22H26N2O3. The fourth-order valence-electron chi connectivity index (χ4n) is 4.23. The molecule has 2 aromatic carbocycles. The summed E-state index contributed by atoms with van der Waals surface area (Å²) in [7, 11) is 1.64. The van der Waals surface area contributed by atoms with Crippen LogP contribution in [0.1, 0.15) is 30.1 Å². The van der Waals surface area contributed by atoms with E-state index in [2.05, 4.69) is 17.1 Å². The monoisotopic (exact) mass is 366 g/mol. The Bertz CT molecular complexity index is 778. The Balaban J connectivity index is 1.38. The van der Waals surface area contributed by atoms with Gasteiger partial charge in [-0.3, -0.25) is 9.69 Å². The van der Waals surface area contributed by atoms with Crippen LogP contribution in [0.2, 0.25) is 0 Å². The quantitative estimate of drug-likeness (QED) is 0.877. The van der Waals surface area contributed by atoms with Crippen LogP contribution in [0.25, 0.3) is 0 Å². The number of carbonyl (C=O) groups excluding carboxylic acids is 1. The van der Waals surface area contributed by atoms with Gasteiger partial charge in [0.15, 0.2) is 0 Å². The maximum atomic E-state index is 12.7. The fourth-order valence-corrected chi connectivity index (χ4v) is 4.23. The van der Waals surface area contributed by atoms with Crippen molar-refractivity contribution in [2.24, 2.45) is 5.92 Å². The first kappa shape index (κ1) is 17.9. The summed E-state index contributed by atoms with van der Waals surface area (Å²) in [5, 5.41) is 3.26. The van der Waals surface area contributed by atoms with E-state index in [9.17, 15) is 4.79 Å². The van der Waals surface area contributed by atoms with Gasteiger partial charge in [-0.15, -0.1) is 0 Å². The second-order valence-corrected chi connectivity index (χ2v) is 7.42. The third kappa shape index (κ3) is 3.78. The van der Waals surface area contributed by atoms with Gasteiger partial charge in [0.2, 0.25) is 0 Å². The van der Waals surface area contributed by atoms with Crippen LogP contribution in [-0.2, 0) is 0 Å². The van der Waals surface area contributed by atoms with Crippen LogP contribution in [0, 0.1) is 5.92 Å². The number of fused-ring (bicyclic) bond motifs is 3. The zero-order chi connectivity index (χ0) is 18.8. The van der Waals surface area contributed by atoms with Crippen molar-refractivity contribution >= 4 is 5.91 Å². The molecule has 0 aromatic heterocycles. The van der Waals surface area contributed by atoms with Crippen LogP contribution in [-0.4, -0.2) is 43.1 Å². The van der Waals surface area contributed by atoms with E-state index in [1.54, 1.807) is 7.11 Å². The summed E-state index contributed by atoms with van der Waals surface area (Å²) in [6.45, 7) is 4.55. The molecule has 3 fully saturated rings. The normalized spacial score (nSPS) is 26.4. The molecule has 3 aliphatic rings. The molecule has 1 N–H and O–H groups in total. The van der Waals surface area contributed by atoms with Crippen molar-refractivity contribution in [2.45, 2.75) is 31.8 Å². The summed E-state index contributed by atoms with van der Waals surface area (Å²) in [4.78, 5) is 15.2. The van der Waals surface area contributed by atoms with E-state index >= 15 is 0 Å². The lowest BCUT2D eigenvalue weighted by atomic mass is 9.79. The lowest BCUT2D eigenvalue weighted by Crippen LogP contribution is -2.62. The highest BCUT2D eigenvalue weighted by molar-refractivity contribution is 5.94. The molecule has 5 nitrogen and oxygen atoms in total. The molecule has 2 bridgehead atoms. The first-order valence-corrected chi connectivity index (χ1v) is 9.61. The summed E-state index contributed by atoms with van der Waals surface area (Å²) in [5.74, 6) is 2.82. The smallest absolute Gasteiger partial charge is 0.251 e. The van der Waals surface area contributed by atoms with Gasteiger partial charge in [-0.1, -0.05) is 0 Å². The molecule has 0 spiro atoms. The number of rotatable bonds is 5. The van der Waals surface area contributed by atoms with Crippen molar-refractivity contribution in [3.8, 4) is 17.2 Å². The summed E-state index contributed by atoms with van der Waals surface area (Å²) in [6.07, 6.45) is 2.37. The first-order valence-electron chi connectivity index (χ1n) is 9.61. The Labute approximate surface area is 160 Å². The predicted molar refractivity (Wildman–Crippen MR) is 105 cm³/mol. The van der Waals surface area contributed by atoms with E-state index in [-0.39, 0.29) is 11.9 Å². The molecule has 3 aliphatic heterocycles. The minimum atomic E-state index is -0.00315. The second kappa shape index (κ2) is 7.61. The van der Waals surface area contributed by atoms with Gasteiger partial charge in [-0.2, -0.15) is 0 Å². The summed E-state index contributed by atoms with van der Waals surface area (Å²) in [6, 6.07) is 15.4.